The zero-order chi connectivity index (χ0) is 18.7. The molecular formula is C18H21F3N2O2. The number of Topliss-reactive ketones (excluding diaryl/α,β-unsaturated/α-hetero) is 1. The summed E-state index contributed by atoms with van der Waals surface area (Å²) in [6.45, 7) is 3.87. The fourth-order valence-corrected chi connectivity index (χ4v) is 4.61. The lowest BCUT2D eigenvalue weighted by molar-refractivity contribution is -0.248. The Morgan fingerprint density at radius 1 is 1.28 bits per heavy atom. The number of nitrogens with zero attached hydrogens (tertiary/aromatic N) is 2. The van der Waals surface area contributed by atoms with E-state index >= 15 is 0 Å². The fourth-order valence-electron chi connectivity index (χ4n) is 4.61. The van der Waals surface area contributed by atoms with E-state index in [4.69, 9.17) is 0 Å². The molecule has 2 fully saturated rings. The lowest BCUT2D eigenvalue weighted by Crippen LogP contribution is -2.56. The summed E-state index contributed by atoms with van der Waals surface area (Å²) in [4.78, 5) is 26.2. The number of amides is 1. The van der Waals surface area contributed by atoms with E-state index < -0.39 is 28.3 Å². The Balaban J connectivity index is 1.87. The van der Waals surface area contributed by atoms with Crippen LogP contribution in [0.25, 0.3) is 0 Å². The molecule has 4 nitrogen and oxygen atoms in total. The van der Waals surface area contributed by atoms with E-state index in [2.05, 4.69) is 0 Å². The number of ketones is 1. The molecule has 1 spiro atoms. The number of likely N-dealkylation sites (tertiary alicyclic amines) is 1. The molecule has 1 saturated carbocycles. The summed E-state index contributed by atoms with van der Waals surface area (Å²) >= 11 is 0. The van der Waals surface area contributed by atoms with E-state index in [0.29, 0.717) is 19.3 Å². The minimum absolute atomic E-state index is 0.0553. The quantitative estimate of drug-likeness (QED) is 0.725. The number of nitriles is 1. The monoisotopic (exact) mass is 354 g/mol. The topological polar surface area (TPSA) is 61.2 Å². The third-order valence-electron chi connectivity index (χ3n) is 6.06. The standard InChI is InChI=1S/C18H21F3N2O2/c1-15(2)10-16(8-12(9-22)13(15)24)6-7-23(11-16)14(25)17(4-3-5-17)18(19,20)21/h8H,3-7,10-11H2,1-2H3. The lowest BCUT2D eigenvalue weighted by atomic mass is 9.64. The molecule has 0 aromatic rings. The third kappa shape index (κ3) is 2.57. The van der Waals surface area contributed by atoms with E-state index in [-0.39, 0.29) is 37.3 Å². The zero-order valence-electron chi connectivity index (χ0n) is 14.4. The van der Waals surface area contributed by atoms with Crippen molar-refractivity contribution in [3.05, 3.63) is 11.6 Å². The Kier molecular flexibility index (Phi) is 3.83. The largest absolute Gasteiger partial charge is 0.403 e. The normalized spacial score (nSPS) is 30.6. The molecule has 3 aliphatic rings. The number of allylic oxidation sites excluding steroid dienone is 1. The second-order valence-electron chi connectivity index (χ2n) is 8.33. The average molecular weight is 354 g/mol. The van der Waals surface area contributed by atoms with Crippen molar-refractivity contribution in [3.63, 3.8) is 0 Å². The van der Waals surface area contributed by atoms with E-state index in [9.17, 15) is 28.0 Å². The van der Waals surface area contributed by atoms with Crippen LogP contribution in [0.3, 0.4) is 0 Å². The van der Waals surface area contributed by atoms with Gasteiger partial charge >= 0.3 is 6.18 Å². The Bertz CT molecular complexity index is 698. The molecule has 0 N–H and O–H groups in total. The first kappa shape index (κ1) is 18.0. The second-order valence-corrected chi connectivity index (χ2v) is 8.33. The van der Waals surface area contributed by atoms with E-state index in [1.165, 1.54) is 4.90 Å². The van der Waals surface area contributed by atoms with Crippen molar-refractivity contribution in [3.8, 4) is 6.07 Å². The highest BCUT2D eigenvalue weighted by molar-refractivity contribution is 6.03. The first-order chi connectivity index (χ1) is 11.5. The van der Waals surface area contributed by atoms with Gasteiger partial charge in [-0.1, -0.05) is 26.3 Å². The summed E-state index contributed by atoms with van der Waals surface area (Å²) < 4.78 is 40.3. The summed E-state index contributed by atoms with van der Waals surface area (Å²) in [5, 5.41) is 9.23. The van der Waals surface area contributed by atoms with Gasteiger partial charge in [-0.3, -0.25) is 9.59 Å². The number of hydrogen-bond acceptors (Lipinski definition) is 3. The van der Waals surface area contributed by atoms with Gasteiger partial charge in [-0.15, -0.1) is 0 Å². The van der Waals surface area contributed by atoms with Crippen molar-refractivity contribution in [1.82, 2.24) is 4.90 Å². The Morgan fingerprint density at radius 2 is 1.92 bits per heavy atom. The summed E-state index contributed by atoms with van der Waals surface area (Å²) in [5.41, 5.74) is -3.52. The van der Waals surface area contributed by atoms with Gasteiger partial charge in [0.05, 0.1) is 5.57 Å². The molecule has 2 aliphatic carbocycles. The van der Waals surface area contributed by atoms with E-state index in [1.54, 1.807) is 19.9 Å². The highest BCUT2D eigenvalue weighted by Crippen LogP contribution is 2.56. The maximum atomic E-state index is 13.4. The van der Waals surface area contributed by atoms with Crippen molar-refractivity contribution >= 4 is 11.7 Å². The molecule has 1 heterocycles. The number of carbonyl (C=O) groups is 2. The van der Waals surface area contributed by atoms with Crippen molar-refractivity contribution in [2.45, 2.75) is 52.1 Å². The first-order valence-corrected chi connectivity index (χ1v) is 8.50. The molecule has 1 unspecified atom stereocenters. The smallest absolute Gasteiger partial charge is 0.341 e. The molecule has 3 rings (SSSR count). The van der Waals surface area contributed by atoms with E-state index in [1.807, 2.05) is 6.07 Å². The van der Waals surface area contributed by atoms with Gasteiger partial charge in [-0.05, 0) is 25.7 Å². The summed E-state index contributed by atoms with van der Waals surface area (Å²) in [5.74, 6) is -1.08. The Labute approximate surface area is 144 Å². The Hall–Kier alpha value is -1.84. The van der Waals surface area contributed by atoms with E-state index in [0.717, 1.165) is 0 Å². The van der Waals surface area contributed by atoms with Crippen LogP contribution in [0.1, 0.15) is 46.0 Å². The van der Waals surface area contributed by atoms with Crippen molar-refractivity contribution in [2.75, 3.05) is 13.1 Å². The van der Waals surface area contributed by atoms with Gasteiger partial charge in [0, 0.05) is 23.9 Å². The van der Waals surface area contributed by atoms with Gasteiger partial charge in [-0.2, -0.15) is 18.4 Å². The molecule has 1 saturated heterocycles. The van der Waals surface area contributed by atoms with Crippen LogP contribution >= 0.6 is 0 Å². The van der Waals surface area contributed by atoms with Gasteiger partial charge in [0.15, 0.2) is 5.78 Å². The van der Waals surface area contributed by atoms with Crippen LogP contribution in [-0.2, 0) is 9.59 Å². The first-order valence-electron chi connectivity index (χ1n) is 8.50. The number of halogens is 3. The van der Waals surface area contributed by atoms with Crippen LogP contribution in [0, 0.1) is 27.6 Å². The van der Waals surface area contributed by atoms with Gasteiger partial charge in [0.25, 0.3) is 0 Å². The number of hydrogen-bond donors (Lipinski definition) is 0. The molecule has 0 bridgehead atoms. The van der Waals surface area contributed by atoms with Crippen molar-refractivity contribution in [1.29, 1.82) is 5.26 Å². The maximum absolute atomic E-state index is 13.4. The summed E-state index contributed by atoms with van der Waals surface area (Å²) in [6, 6.07) is 1.91. The third-order valence-corrected chi connectivity index (χ3v) is 6.06. The van der Waals surface area contributed by atoms with Gasteiger partial charge in [0.1, 0.15) is 11.5 Å². The van der Waals surface area contributed by atoms with Gasteiger partial charge in [-0.25, -0.2) is 0 Å². The Morgan fingerprint density at radius 3 is 2.40 bits per heavy atom. The van der Waals surface area contributed by atoms with Crippen LogP contribution in [0.5, 0.6) is 0 Å². The predicted octanol–water partition coefficient (Wildman–Crippen LogP) is 3.39. The van der Waals surface area contributed by atoms with Crippen LogP contribution in [0.4, 0.5) is 13.2 Å². The molecule has 1 aliphatic heterocycles. The zero-order valence-corrected chi connectivity index (χ0v) is 14.4. The SMILES string of the molecule is CC1(C)CC2(C=C(C#N)C1=O)CCN(C(=O)C1(C(F)(F)F)CCC1)C2. The van der Waals surface area contributed by atoms with Crippen LogP contribution in [-0.4, -0.2) is 35.9 Å². The molecule has 1 atom stereocenters. The summed E-state index contributed by atoms with van der Waals surface area (Å²) in [7, 11) is 0. The molecule has 136 valence electrons. The number of carbonyl (C=O) groups excluding carboxylic acids is 2. The van der Waals surface area contributed by atoms with Gasteiger partial charge < -0.3 is 4.90 Å². The minimum atomic E-state index is -4.53. The van der Waals surface area contributed by atoms with Crippen molar-refractivity contribution in [2.24, 2.45) is 16.2 Å². The number of alkyl halides is 3. The predicted molar refractivity (Wildman–Crippen MR) is 83.1 cm³/mol. The van der Waals surface area contributed by atoms with Crippen LogP contribution < -0.4 is 0 Å². The molecule has 0 aromatic heterocycles. The highest BCUT2D eigenvalue weighted by Gasteiger charge is 2.65. The number of rotatable bonds is 1. The molecule has 25 heavy (non-hydrogen) atoms. The highest BCUT2D eigenvalue weighted by atomic mass is 19.4. The fraction of sp³-hybridized carbons (Fsp3) is 0.722. The molecule has 0 radical (unpaired) electrons. The average Bonchev–Trinajstić information content (AvgIpc) is 2.83. The molecule has 7 heteroatoms. The van der Waals surface area contributed by atoms with Crippen molar-refractivity contribution < 1.29 is 22.8 Å². The van der Waals surface area contributed by atoms with Crippen LogP contribution in [0.15, 0.2) is 11.6 Å². The molecular weight excluding hydrogens is 333 g/mol. The van der Waals surface area contributed by atoms with Gasteiger partial charge in [0.2, 0.25) is 5.91 Å². The summed E-state index contributed by atoms with van der Waals surface area (Å²) in [6.07, 6.45) is -1.92. The van der Waals surface area contributed by atoms with Crippen LogP contribution in [0.2, 0.25) is 0 Å². The maximum Gasteiger partial charge on any atom is 0.403 e. The second kappa shape index (κ2) is 5.33. The molecule has 1 amide bonds. The molecule has 0 aromatic carbocycles. The lowest BCUT2D eigenvalue weighted by Gasteiger charge is -2.44. The minimum Gasteiger partial charge on any atom is -0.341 e.